The second-order valence-corrected chi connectivity index (χ2v) is 8.43. The maximum Gasteiger partial charge on any atom is 0.270 e. The molecule has 3 aromatic carbocycles. The number of nitrogens with zero attached hydrogens (tertiary/aromatic N) is 2. The minimum absolute atomic E-state index is 0.105. The van der Waals surface area contributed by atoms with Gasteiger partial charge in [0.2, 0.25) is 0 Å². The van der Waals surface area contributed by atoms with Gasteiger partial charge in [0.1, 0.15) is 0 Å². The van der Waals surface area contributed by atoms with E-state index in [9.17, 15) is 10.1 Å². The highest BCUT2D eigenvalue weighted by molar-refractivity contribution is 6.26. The molecule has 0 heterocycles. The zero-order valence-corrected chi connectivity index (χ0v) is 18.6. The molecule has 4 rings (SSSR count). The van der Waals surface area contributed by atoms with Crippen LogP contribution in [0.4, 0.5) is 11.4 Å². The summed E-state index contributed by atoms with van der Waals surface area (Å²) in [5.74, 6) is 0. The maximum absolute atomic E-state index is 11.5. The van der Waals surface area contributed by atoms with Crippen LogP contribution in [0, 0.1) is 58.6 Å². The van der Waals surface area contributed by atoms with Gasteiger partial charge in [-0.15, -0.1) is 0 Å². The molecule has 1 aliphatic carbocycles. The van der Waals surface area contributed by atoms with Crippen molar-refractivity contribution in [2.45, 2.75) is 48.5 Å². The van der Waals surface area contributed by atoms with E-state index in [0.29, 0.717) is 0 Å². The van der Waals surface area contributed by atoms with Crippen molar-refractivity contribution in [1.82, 2.24) is 0 Å². The molecule has 0 spiro atoms. The van der Waals surface area contributed by atoms with Crippen molar-refractivity contribution in [1.29, 1.82) is 0 Å². The van der Waals surface area contributed by atoms with Crippen molar-refractivity contribution in [2.75, 3.05) is 0 Å². The summed E-state index contributed by atoms with van der Waals surface area (Å²) in [5.41, 5.74) is 14.1. The summed E-state index contributed by atoms with van der Waals surface area (Å²) in [4.78, 5) is 16.4. The fourth-order valence-corrected chi connectivity index (χ4v) is 4.52. The normalized spacial score (nSPS) is 13.5. The lowest BCUT2D eigenvalue weighted by molar-refractivity contribution is -0.384. The molecular formula is C26H26N2O2. The minimum Gasteiger partial charge on any atom is -0.258 e. The molecule has 0 amide bonds. The van der Waals surface area contributed by atoms with Crippen molar-refractivity contribution in [3.8, 4) is 11.1 Å². The van der Waals surface area contributed by atoms with Crippen LogP contribution < -0.4 is 0 Å². The third-order valence-corrected chi connectivity index (χ3v) is 6.67. The summed E-state index contributed by atoms with van der Waals surface area (Å²) in [6.07, 6.45) is 0. The Hall–Kier alpha value is -3.27. The van der Waals surface area contributed by atoms with E-state index >= 15 is 0 Å². The molecule has 4 nitrogen and oxygen atoms in total. The number of nitro groups is 1. The van der Waals surface area contributed by atoms with Crippen LogP contribution in [0.1, 0.15) is 50.1 Å². The van der Waals surface area contributed by atoms with Crippen LogP contribution in [0.15, 0.2) is 35.3 Å². The first-order valence-corrected chi connectivity index (χ1v) is 10.2. The van der Waals surface area contributed by atoms with Crippen LogP contribution in [-0.4, -0.2) is 10.6 Å². The number of hydrogen-bond donors (Lipinski definition) is 0. The highest BCUT2D eigenvalue weighted by Crippen LogP contribution is 2.43. The third kappa shape index (κ3) is 2.86. The first-order valence-electron chi connectivity index (χ1n) is 10.2. The highest BCUT2D eigenvalue weighted by atomic mass is 16.6. The largest absolute Gasteiger partial charge is 0.270 e. The predicted octanol–water partition coefficient (Wildman–Crippen LogP) is 6.90. The molecule has 0 unspecified atom stereocenters. The van der Waals surface area contributed by atoms with Gasteiger partial charge in [-0.05, 0) is 99.0 Å². The van der Waals surface area contributed by atoms with E-state index in [0.717, 1.165) is 55.9 Å². The molecule has 0 fully saturated rings. The fraction of sp³-hybridized carbons (Fsp3) is 0.269. The lowest BCUT2D eigenvalue weighted by atomic mass is 9.93. The Kier molecular flexibility index (Phi) is 4.61. The second-order valence-electron chi connectivity index (χ2n) is 8.43. The van der Waals surface area contributed by atoms with E-state index < -0.39 is 0 Å². The van der Waals surface area contributed by atoms with Crippen molar-refractivity contribution in [3.05, 3.63) is 90.5 Å². The summed E-state index contributed by atoms with van der Waals surface area (Å²) in [7, 11) is 0. The molecule has 0 saturated carbocycles. The monoisotopic (exact) mass is 398 g/mol. The molecule has 0 aliphatic heterocycles. The summed E-state index contributed by atoms with van der Waals surface area (Å²) in [6, 6.07) is 9.66. The van der Waals surface area contributed by atoms with E-state index in [1.165, 1.54) is 16.7 Å². The van der Waals surface area contributed by atoms with Gasteiger partial charge >= 0.3 is 0 Å². The highest BCUT2D eigenvalue weighted by Gasteiger charge is 2.29. The smallest absolute Gasteiger partial charge is 0.258 e. The molecule has 0 radical (unpaired) electrons. The van der Waals surface area contributed by atoms with E-state index in [2.05, 4.69) is 59.7 Å². The topological polar surface area (TPSA) is 55.5 Å². The molecule has 152 valence electrons. The van der Waals surface area contributed by atoms with Gasteiger partial charge in [-0.3, -0.25) is 10.1 Å². The number of benzene rings is 3. The Morgan fingerprint density at radius 1 is 0.733 bits per heavy atom. The summed E-state index contributed by atoms with van der Waals surface area (Å²) >= 11 is 0. The first-order chi connectivity index (χ1) is 14.1. The standard InChI is InChI=1S/C26H26N2O2/c1-13-8-9-21-22(10-13)26(23-12-20(28(29)30)11-14(2)24(21)23)27-25-18(6)16(4)15(3)17(5)19(25)7/h8-12H,1-7H3. The number of aryl methyl sites for hydroxylation is 2. The molecular weight excluding hydrogens is 372 g/mol. The quantitative estimate of drug-likeness (QED) is 0.272. The summed E-state index contributed by atoms with van der Waals surface area (Å²) in [6.45, 7) is 14.6. The predicted molar refractivity (Wildman–Crippen MR) is 123 cm³/mol. The zero-order valence-electron chi connectivity index (χ0n) is 18.6. The first kappa shape index (κ1) is 20.0. The van der Waals surface area contributed by atoms with Crippen molar-refractivity contribution in [3.63, 3.8) is 0 Å². The Bertz CT molecular complexity index is 1250. The van der Waals surface area contributed by atoms with Crippen LogP contribution in [0.2, 0.25) is 0 Å². The van der Waals surface area contributed by atoms with E-state index in [1.807, 2.05) is 6.92 Å². The van der Waals surface area contributed by atoms with Gasteiger partial charge in [0.15, 0.2) is 0 Å². The van der Waals surface area contributed by atoms with Gasteiger partial charge in [0.05, 0.1) is 16.3 Å². The van der Waals surface area contributed by atoms with Crippen molar-refractivity contribution < 1.29 is 4.92 Å². The lowest BCUT2D eigenvalue weighted by Gasteiger charge is -2.16. The number of hydrogen-bond acceptors (Lipinski definition) is 3. The molecule has 0 saturated heterocycles. The summed E-state index contributed by atoms with van der Waals surface area (Å²) < 4.78 is 0. The second kappa shape index (κ2) is 6.91. The van der Waals surface area contributed by atoms with Crippen LogP contribution in [0.5, 0.6) is 0 Å². The number of fused-ring (bicyclic) bond motifs is 3. The Balaban J connectivity index is 2.10. The third-order valence-electron chi connectivity index (χ3n) is 6.67. The average molecular weight is 399 g/mol. The molecule has 30 heavy (non-hydrogen) atoms. The SMILES string of the molecule is Cc1ccc2c(c1)C(=Nc1c(C)c(C)c(C)c(C)c1C)c1cc([N+](=O)[O-])cc(C)c1-2. The van der Waals surface area contributed by atoms with Gasteiger partial charge in [-0.2, -0.15) is 0 Å². The lowest BCUT2D eigenvalue weighted by Crippen LogP contribution is -2.02. The van der Waals surface area contributed by atoms with Crippen LogP contribution in [0.25, 0.3) is 11.1 Å². The van der Waals surface area contributed by atoms with Crippen LogP contribution in [0.3, 0.4) is 0 Å². The van der Waals surface area contributed by atoms with E-state index in [1.54, 1.807) is 12.1 Å². The number of rotatable bonds is 2. The minimum atomic E-state index is -0.324. The number of nitro benzene ring substituents is 1. The Morgan fingerprint density at radius 2 is 1.33 bits per heavy atom. The molecule has 3 aromatic rings. The fourth-order valence-electron chi connectivity index (χ4n) is 4.52. The van der Waals surface area contributed by atoms with Gasteiger partial charge in [-0.25, -0.2) is 4.99 Å². The summed E-state index contributed by atoms with van der Waals surface area (Å²) in [5, 5.41) is 11.5. The Morgan fingerprint density at radius 3 is 1.93 bits per heavy atom. The number of non-ortho nitro benzene ring substituents is 1. The molecule has 0 bridgehead atoms. The van der Waals surface area contributed by atoms with Crippen LogP contribution >= 0.6 is 0 Å². The van der Waals surface area contributed by atoms with E-state index in [4.69, 9.17) is 4.99 Å². The van der Waals surface area contributed by atoms with Crippen LogP contribution in [-0.2, 0) is 0 Å². The molecule has 4 heteroatoms. The molecule has 0 atom stereocenters. The molecule has 0 aromatic heterocycles. The number of aliphatic imine (C=N–C) groups is 1. The van der Waals surface area contributed by atoms with Crippen molar-refractivity contribution >= 4 is 17.1 Å². The van der Waals surface area contributed by atoms with Crippen molar-refractivity contribution in [2.24, 2.45) is 4.99 Å². The molecule has 0 N–H and O–H groups in total. The Labute approximate surface area is 177 Å². The van der Waals surface area contributed by atoms with E-state index in [-0.39, 0.29) is 10.6 Å². The van der Waals surface area contributed by atoms with Gasteiger partial charge < -0.3 is 0 Å². The average Bonchev–Trinajstić information content (AvgIpc) is 3.01. The van der Waals surface area contributed by atoms with Gasteiger partial charge in [0.25, 0.3) is 5.69 Å². The molecule has 1 aliphatic rings. The van der Waals surface area contributed by atoms with Gasteiger partial charge in [0, 0.05) is 23.3 Å². The maximum atomic E-state index is 11.5. The van der Waals surface area contributed by atoms with Gasteiger partial charge in [-0.1, -0.05) is 17.7 Å². The zero-order chi connectivity index (χ0) is 21.9.